The van der Waals surface area contributed by atoms with Crippen LogP contribution in [0.1, 0.15) is 65.2 Å². The van der Waals surface area contributed by atoms with Crippen LogP contribution in [0.5, 0.6) is 0 Å². The van der Waals surface area contributed by atoms with Gasteiger partial charge in [-0.2, -0.15) is 0 Å². The summed E-state index contributed by atoms with van der Waals surface area (Å²) in [4.78, 5) is 20.6. The Kier molecular flexibility index (Phi) is 14.5. The zero-order chi connectivity index (χ0) is 16.7. The molecule has 3 N–H and O–H groups in total. The highest BCUT2D eigenvalue weighted by Crippen LogP contribution is 2.07. The van der Waals surface area contributed by atoms with E-state index in [0.29, 0.717) is 32.3 Å². The van der Waals surface area contributed by atoms with E-state index in [1.807, 2.05) is 6.92 Å². The van der Waals surface area contributed by atoms with Crippen molar-refractivity contribution in [1.29, 1.82) is 0 Å². The molecule has 0 rings (SSSR count). The number of hydrogen-bond donors (Lipinski definition) is 3. The molecule has 0 amide bonds. The average Bonchev–Trinajstić information content (AvgIpc) is 2.34. The number of ether oxygens (including phenoxy) is 1. The first kappa shape index (κ1) is 22.1. The normalized spacial score (nSPS) is 10.5. The third-order valence-corrected chi connectivity index (χ3v) is 2.43. The van der Waals surface area contributed by atoms with Crippen LogP contribution in [0.15, 0.2) is 0 Å². The van der Waals surface area contributed by atoms with E-state index in [-0.39, 0.29) is 18.8 Å². The SMILES string of the molecule is CCCCCC(O)(O)O.CCOC(=O)CCCCC(=O)[O-]. The first-order valence-corrected chi connectivity index (χ1v) is 7.25. The summed E-state index contributed by atoms with van der Waals surface area (Å²) in [5.41, 5.74) is 0. The number of aliphatic carboxylic acids is 1. The van der Waals surface area contributed by atoms with Crippen molar-refractivity contribution >= 4 is 11.9 Å². The van der Waals surface area contributed by atoms with Gasteiger partial charge in [0.05, 0.1) is 6.61 Å². The fourth-order valence-corrected chi connectivity index (χ4v) is 1.38. The maximum Gasteiger partial charge on any atom is 0.305 e. The van der Waals surface area contributed by atoms with E-state index in [4.69, 9.17) is 15.3 Å². The van der Waals surface area contributed by atoms with E-state index < -0.39 is 11.9 Å². The predicted molar refractivity (Wildman–Crippen MR) is 73.6 cm³/mol. The van der Waals surface area contributed by atoms with Gasteiger partial charge in [0.2, 0.25) is 0 Å². The lowest BCUT2D eigenvalue weighted by atomic mass is 10.2. The number of carboxylic acid groups (broad SMARTS) is 1. The fourth-order valence-electron chi connectivity index (χ4n) is 1.38. The summed E-state index contributed by atoms with van der Waals surface area (Å²) in [5, 5.41) is 35.0. The maximum atomic E-state index is 10.7. The van der Waals surface area contributed by atoms with Gasteiger partial charge in [-0.15, -0.1) is 0 Å². The Morgan fingerprint density at radius 1 is 1.00 bits per heavy atom. The number of carboxylic acids is 1. The highest BCUT2D eigenvalue weighted by Gasteiger charge is 2.15. The molecular weight excluding hydrogens is 280 g/mol. The van der Waals surface area contributed by atoms with Crippen molar-refractivity contribution < 1.29 is 34.8 Å². The van der Waals surface area contributed by atoms with Crippen LogP contribution >= 0.6 is 0 Å². The molecule has 126 valence electrons. The van der Waals surface area contributed by atoms with Gasteiger partial charge in [-0.1, -0.05) is 19.8 Å². The molecule has 0 aliphatic heterocycles. The summed E-state index contributed by atoms with van der Waals surface area (Å²) >= 11 is 0. The molecule has 7 nitrogen and oxygen atoms in total. The minimum atomic E-state index is -2.45. The van der Waals surface area contributed by atoms with E-state index >= 15 is 0 Å². The number of esters is 1. The molecule has 0 bridgehead atoms. The molecule has 0 atom stereocenters. The molecule has 0 aromatic heterocycles. The van der Waals surface area contributed by atoms with Gasteiger partial charge in [-0.05, 0) is 32.6 Å². The fraction of sp³-hybridized carbons (Fsp3) is 0.857. The number of carbonyl (C=O) groups excluding carboxylic acids is 2. The number of carbonyl (C=O) groups is 2. The predicted octanol–water partition coefficient (Wildman–Crippen LogP) is 0.0572. The Hall–Kier alpha value is -1.18. The van der Waals surface area contributed by atoms with Crippen LogP contribution in [0.2, 0.25) is 0 Å². The second kappa shape index (κ2) is 13.8. The molecule has 0 spiro atoms. The van der Waals surface area contributed by atoms with E-state index in [0.717, 1.165) is 12.8 Å². The highest BCUT2D eigenvalue weighted by molar-refractivity contribution is 5.69. The summed E-state index contributed by atoms with van der Waals surface area (Å²) in [6, 6.07) is 0. The summed E-state index contributed by atoms with van der Waals surface area (Å²) in [7, 11) is 0. The van der Waals surface area contributed by atoms with Gasteiger partial charge in [0.1, 0.15) is 0 Å². The molecule has 0 radical (unpaired) electrons. The van der Waals surface area contributed by atoms with Gasteiger partial charge in [-0.3, -0.25) is 4.79 Å². The number of rotatable bonds is 10. The molecule has 21 heavy (non-hydrogen) atoms. The van der Waals surface area contributed by atoms with Gasteiger partial charge in [0, 0.05) is 18.8 Å². The van der Waals surface area contributed by atoms with Gasteiger partial charge in [0.25, 0.3) is 5.97 Å². The van der Waals surface area contributed by atoms with E-state index in [2.05, 4.69) is 4.74 Å². The largest absolute Gasteiger partial charge is 0.550 e. The van der Waals surface area contributed by atoms with Crippen molar-refractivity contribution in [2.24, 2.45) is 0 Å². The molecule has 0 aliphatic rings. The zero-order valence-electron chi connectivity index (χ0n) is 12.8. The van der Waals surface area contributed by atoms with Crippen molar-refractivity contribution in [3.8, 4) is 0 Å². The number of aliphatic hydroxyl groups is 3. The topological polar surface area (TPSA) is 127 Å². The molecule has 0 aliphatic carbocycles. The van der Waals surface area contributed by atoms with Gasteiger partial charge in [0.15, 0.2) is 0 Å². The molecule has 0 saturated carbocycles. The van der Waals surface area contributed by atoms with Crippen molar-refractivity contribution in [2.75, 3.05) is 6.61 Å². The third kappa shape index (κ3) is 24.2. The van der Waals surface area contributed by atoms with Crippen LogP contribution in [0.4, 0.5) is 0 Å². The summed E-state index contributed by atoms with van der Waals surface area (Å²) in [6.07, 6.45) is 3.95. The smallest absolute Gasteiger partial charge is 0.305 e. The lowest BCUT2D eigenvalue weighted by molar-refractivity contribution is -0.315. The van der Waals surface area contributed by atoms with E-state index in [1.165, 1.54) is 0 Å². The van der Waals surface area contributed by atoms with Crippen molar-refractivity contribution in [1.82, 2.24) is 0 Å². The first-order valence-electron chi connectivity index (χ1n) is 7.25. The number of hydrogen-bond acceptors (Lipinski definition) is 7. The summed E-state index contributed by atoms with van der Waals surface area (Å²) in [5.74, 6) is -3.79. The minimum Gasteiger partial charge on any atom is -0.550 e. The second-order valence-electron chi connectivity index (χ2n) is 4.62. The van der Waals surface area contributed by atoms with Crippen LogP contribution in [-0.4, -0.2) is 39.8 Å². The molecule has 7 heteroatoms. The Morgan fingerprint density at radius 3 is 2.00 bits per heavy atom. The molecule has 0 unspecified atom stereocenters. The molecule has 0 aromatic carbocycles. The number of unbranched alkanes of at least 4 members (excludes halogenated alkanes) is 3. The molecule has 0 aromatic rings. The lowest BCUT2D eigenvalue weighted by Gasteiger charge is -2.12. The quantitative estimate of drug-likeness (QED) is 0.296. The van der Waals surface area contributed by atoms with Crippen LogP contribution in [0.3, 0.4) is 0 Å². The van der Waals surface area contributed by atoms with E-state index in [1.54, 1.807) is 6.92 Å². The van der Waals surface area contributed by atoms with Crippen LogP contribution < -0.4 is 5.11 Å². The molecule has 0 saturated heterocycles. The highest BCUT2D eigenvalue weighted by atomic mass is 16.7. The summed E-state index contributed by atoms with van der Waals surface area (Å²) < 4.78 is 4.65. The van der Waals surface area contributed by atoms with Gasteiger partial charge < -0.3 is 30.0 Å². The van der Waals surface area contributed by atoms with Crippen molar-refractivity contribution in [2.45, 2.75) is 71.2 Å². The van der Waals surface area contributed by atoms with E-state index in [9.17, 15) is 14.7 Å². The second-order valence-corrected chi connectivity index (χ2v) is 4.62. The Bertz CT molecular complexity index is 271. The first-order chi connectivity index (χ1) is 9.72. The van der Waals surface area contributed by atoms with Gasteiger partial charge in [-0.25, -0.2) is 0 Å². The van der Waals surface area contributed by atoms with Crippen molar-refractivity contribution in [3.63, 3.8) is 0 Å². The minimum absolute atomic E-state index is 0.0133. The van der Waals surface area contributed by atoms with Crippen LogP contribution in [0.25, 0.3) is 0 Å². The maximum absolute atomic E-state index is 10.7. The lowest BCUT2D eigenvalue weighted by Crippen LogP contribution is -2.26. The molecular formula is C14H27O7-. The third-order valence-electron chi connectivity index (χ3n) is 2.43. The summed E-state index contributed by atoms with van der Waals surface area (Å²) in [6.45, 7) is 4.12. The van der Waals surface area contributed by atoms with Crippen LogP contribution in [-0.2, 0) is 14.3 Å². The van der Waals surface area contributed by atoms with Gasteiger partial charge >= 0.3 is 5.97 Å². The Labute approximate surface area is 125 Å². The zero-order valence-corrected chi connectivity index (χ0v) is 12.8. The van der Waals surface area contributed by atoms with Crippen LogP contribution in [0, 0.1) is 0 Å². The Morgan fingerprint density at radius 2 is 1.57 bits per heavy atom. The van der Waals surface area contributed by atoms with Crippen molar-refractivity contribution in [3.05, 3.63) is 0 Å². The molecule has 0 fully saturated rings. The standard InChI is InChI=1S/C8H14O4.C6H14O3/c1-2-12-8(11)6-4-3-5-7(9)10;1-2-3-4-5-6(7,8)9/h2-6H2,1H3,(H,9,10);7-9H,2-5H2,1H3/p-1. The Balaban J connectivity index is 0. The monoisotopic (exact) mass is 307 g/mol. The molecule has 0 heterocycles. The average molecular weight is 307 g/mol.